The highest BCUT2D eigenvalue weighted by Crippen LogP contribution is 2.33. The Balaban J connectivity index is 2.54. The lowest BCUT2D eigenvalue weighted by Crippen LogP contribution is -2.11. The van der Waals surface area contributed by atoms with Crippen LogP contribution in [0.15, 0.2) is 36.4 Å². The van der Waals surface area contributed by atoms with Crippen molar-refractivity contribution < 1.29 is 5.11 Å². The Labute approximate surface area is 109 Å². The standard InChI is InChI=1S/C17H22O/c1-4-13(5-2)17(18)16-11-10-12(3)14-8-6-7-9-15(14)16/h6-11,13,17-18H,4-5H2,1-3H3. The minimum atomic E-state index is -0.356. The maximum Gasteiger partial charge on any atom is 0.0823 e. The summed E-state index contributed by atoms with van der Waals surface area (Å²) in [5.74, 6) is 0.344. The Morgan fingerprint density at radius 2 is 1.56 bits per heavy atom. The van der Waals surface area contributed by atoms with Gasteiger partial charge in [-0.05, 0) is 34.7 Å². The summed E-state index contributed by atoms with van der Waals surface area (Å²) in [5, 5.41) is 13.0. The van der Waals surface area contributed by atoms with E-state index in [2.05, 4.69) is 51.1 Å². The highest BCUT2D eigenvalue weighted by atomic mass is 16.3. The third-order valence-electron chi connectivity index (χ3n) is 3.99. The number of benzene rings is 2. The molecule has 2 aromatic carbocycles. The van der Waals surface area contributed by atoms with E-state index in [1.54, 1.807) is 0 Å². The van der Waals surface area contributed by atoms with Crippen LogP contribution in [0.3, 0.4) is 0 Å². The average molecular weight is 242 g/mol. The van der Waals surface area contributed by atoms with E-state index < -0.39 is 0 Å². The van der Waals surface area contributed by atoms with Gasteiger partial charge in [-0.25, -0.2) is 0 Å². The monoisotopic (exact) mass is 242 g/mol. The Bertz CT molecular complexity index is 526. The Morgan fingerprint density at radius 1 is 0.944 bits per heavy atom. The van der Waals surface area contributed by atoms with Gasteiger partial charge < -0.3 is 5.11 Å². The van der Waals surface area contributed by atoms with E-state index in [9.17, 15) is 5.11 Å². The number of aliphatic hydroxyl groups is 1. The zero-order valence-corrected chi connectivity index (χ0v) is 11.5. The molecule has 0 heterocycles. The predicted octanol–water partition coefficient (Wildman–Crippen LogP) is 4.62. The van der Waals surface area contributed by atoms with Gasteiger partial charge >= 0.3 is 0 Å². The van der Waals surface area contributed by atoms with Crippen molar-refractivity contribution in [2.75, 3.05) is 0 Å². The number of aryl methyl sites for hydroxylation is 1. The summed E-state index contributed by atoms with van der Waals surface area (Å²) in [6, 6.07) is 12.6. The second-order valence-electron chi connectivity index (χ2n) is 5.04. The van der Waals surface area contributed by atoms with Crippen LogP contribution in [0.25, 0.3) is 10.8 Å². The van der Waals surface area contributed by atoms with Crippen LogP contribution in [-0.4, -0.2) is 5.11 Å². The first-order chi connectivity index (χ1) is 8.69. The molecule has 1 unspecified atom stereocenters. The molecule has 0 saturated heterocycles. The second-order valence-corrected chi connectivity index (χ2v) is 5.04. The lowest BCUT2D eigenvalue weighted by molar-refractivity contribution is 0.105. The van der Waals surface area contributed by atoms with Crippen LogP contribution < -0.4 is 0 Å². The molecule has 1 heteroatoms. The summed E-state index contributed by atoms with van der Waals surface area (Å²) >= 11 is 0. The van der Waals surface area contributed by atoms with Crippen molar-refractivity contribution in [3.8, 4) is 0 Å². The van der Waals surface area contributed by atoms with Gasteiger partial charge in [0.1, 0.15) is 0 Å². The van der Waals surface area contributed by atoms with Gasteiger partial charge in [0.05, 0.1) is 6.10 Å². The van der Waals surface area contributed by atoms with Gasteiger partial charge in [0.25, 0.3) is 0 Å². The first-order valence-corrected chi connectivity index (χ1v) is 6.85. The normalized spacial score (nSPS) is 13.2. The molecule has 0 radical (unpaired) electrons. The van der Waals surface area contributed by atoms with Crippen molar-refractivity contribution in [1.82, 2.24) is 0 Å². The number of hydrogen-bond acceptors (Lipinski definition) is 1. The zero-order valence-electron chi connectivity index (χ0n) is 11.5. The van der Waals surface area contributed by atoms with Gasteiger partial charge in [-0.3, -0.25) is 0 Å². The van der Waals surface area contributed by atoms with Crippen LogP contribution in [0.4, 0.5) is 0 Å². The Kier molecular flexibility index (Phi) is 4.03. The Hall–Kier alpha value is -1.34. The molecule has 18 heavy (non-hydrogen) atoms. The molecule has 0 saturated carbocycles. The van der Waals surface area contributed by atoms with Crippen molar-refractivity contribution >= 4 is 10.8 Å². The number of aliphatic hydroxyl groups excluding tert-OH is 1. The minimum Gasteiger partial charge on any atom is -0.388 e. The second kappa shape index (κ2) is 5.53. The highest BCUT2D eigenvalue weighted by Gasteiger charge is 2.19. The first kappa shape index (κ1) is 13.1. The molecule has 2 aromatic rings. The van der Waals surface area contributed by atoms with E-state index in [0.29, 0.717) is 5.92 Å². The molecule has 96 valence electrons. The van der Waals surface area contributed by atoms with Gasteiger partial charge in [-0.1, -0.05) is 63.1 Å². The van der Waals surface area contributed by atoms with Crippen LogP contribution in [0.2, 0.25) is 0 Å². The van der Waals surface area contributed by atoms with Gasteiger partial charge in [0, 0.05) is 0 Å². The van der Waals surface area contributed by atoms with E-state index >= 15 is 0 Å². The van der Waals surface area contributed by atoms with E-state index in [-0.39, 0.29) is 6.10 Å². The van der Waals surface area contributed by atoms with E-state index in [1.165, 1.54) is 16.3 Å². The lowest BCUT2D eigenvalue weighted by Gasteiger charge is -2.22. The molecule has 1 atom stereocenters. The van der Waals surface area contributed by atoms with Crippen LogP contribution in [0, 0.1) is 12.8 Å². The minimum absolute atomic E-state index is 0.344. The third kappa shape index (κ3) is 2.28. The molecular weight excluding hydrogens is 220 g/mol. The van der Waals surface area contributed by atoms with Crippen molar-refractivity contribution in [3.63, 3.8) is 0 Å². The zero-order chi connectivity index (χ0) is 13.1. The molecular formula is C17H22O. The van der Waals surface area contributed by atoms with Gasteiger partial charge in [0.15, 0.2) is 0 Å². The van der Waals surface area contributed by atoms with Crippen molar-refractivity contribution in [1.29, 1.82) is 0 Å². The topological polar surface area (TPSA) is 20.2 Å². The van der Waals surface area contributed by atoms with E-state index in [4.69, 9.17) is 0 Å². The quantitative estimate of drug-likeness (QED) is 0.829. The van der Waals surface area contributed by atoms with E-state index in [1.807, 2.05) is 6.07 Å². The first-order valence-electron chi connectivity index (χ1n) is 6.85. The average Bonchev–Trinajstić information content (AvgIpc) is 2.41. The summed E-state index contributed by atoms with van der Waals surface area (Å²) in [6.07, 6.45) is 1.67. The van der Waals surface area contributed by atoms with E-state index in [0.717, 1.165) is 18.4 Å². The fourth-order valence-electron chi connectivity index (χ4n) is 2.72. The molecule has 2 rings (SSSR count). The number of hydrogen-bond donors (Lipinski definition) is 1. The van der Waals surface area contributed by atoms with Gasteiger partial charge in [0.2, 0.25) is 0 Å². The molecule has 0 spiro atoms. The van der Waals surface area contributed by atoms with Crippen LogP contribution in [-0.2, 0) is 0 Å². The largest absolute Gasteiger partial charge is 0.388 e. The van der Waals surface area contributed by atoms with Crippen LogP contribution >= 0.6 is 0 Å². The molecule has 0 bridgehead atoms. The molecule has 0 aliphatic carbocycles. The Morgan fingerprint density at radius 3 is 2.17 bits per heavy atom. The smallest absolute Gasteiger partial charge is 0.0823 e. The molecule has 0 aromatic heterocycles. The van der Waals surface area contributed by atoms with Crippen LogP contribution in [0.5, 0.6) is 0 Å². The van der Waals surface area contributed by atoms with Gasteiger partial charge in [-0.2, -0.15) is 0 Å². The molecule has 0 fully saturated rings. The van der Waals surface area contributed by atoms with Gasteiger partial charge in [-0.15, -0.1) is 0 Å². The molecule has 1 nitrogen and oxygen atoms in total. The van der Waals surface area contributed by atoms with Crippen molar-refractivity contribution in [3.05, 3.63) is 47.5 Å². The lowest BCUT2D eigenvalue weighted by atomic mass is 9.88. The third-order valence-corrected chi connectivity index (χ3v) is 3.99. The molecule has 0 aliphatic heterocycles. The summed E-state index contributed by atoms with van der Waals surface area (Å²) < 4.78 is 0. The number of rotatable bonds is 4. The predicted molar refractivity (Wildman–Crippen MR) is 77.7 cm³/mol. The molecule has 0 aliphatic rings. The fourth-order valence-corrected chi connectivity index (χ4v) is 2.72. The van der Waals surface area contributed by atoms with Crippen molar-refractivity contribution in [2.24, 2.45) is 5.92 Å². The molecule has 1 N–H and O–H groups in total. The fraction of sp³-hybridized carbons (Fsp3) is 0.412. The SMILES string of the molecule is CCC(CC)C(O)c1ccc(C)c2ccccc12. The summed E-state index contributed by atoms with van der Waals surface area (Å²) in [4.78, 5) is 0. The summed E-state index contributed by atoms with van der Waals surface area (Å²) in [6.45, 7) is 6.41. The van der Waals surface area contributed by atoms with Crippen LogP contribution in [0.1, 0.15) is 43.9 Å². The highest BCUT2D eigenvalue weighted by molar-refractivity contribution is 5.88. The summed E-state index contributed by atoms with van der Waals surface area (Å²) in [5.41, 5.74) is 2.34. The summed E-state index contributed by atoms with van der Waals surface area (Å²) in [7, 11) is 0. The maximum absolute atomic E-state index is 10.6. The number of fused-ring (bicyclic) bond motifs is 1. The van der Waals surface area contributed by atoms with Crippen molar-refractivity contribution in [2.45, 2.75) is 39.7 Å². The molecule has 0 amide bonds. The maximum atomic E-state index is 10.6.